The van der Waals surface area contributed by atoms with Gasteiger partial charge in [-0.2, -0.15) is 13.2 Å². The van der Waals surface area contributed by atoms with Crippen LogP contribution < -0.4 is 0 Å². The molecule has 0 aliphatic rings. The van der Waals surface area contributed by atoms with Crippen molar-refractivity contribution in [2.75, 3.05) is 7.11 Å². The summed E-state index contributed by atoms with van der Waals surface area (Å²) in [6.45, 7) is 0. The van der Waals surface area contributed by atoms with Gasteiger partial charge in [0.05, 0.1) is 11.8 Å². The third-order valence-corrected chi connectivity index (χ3v) is 3.66. The minimum Gasteiger partial charge on any atom is -0.465 e. The number of methoxy groups -OCH3 is 1. The Hall–Kier alpha value is -1.34. The Labute approximate surface area is 108 Å². The summed E-state index contributed by atoms with van der Waals surface area (Å²) in [5.41, 5.74) is -1.09. The predicted molar refractivity (Wildman–Crippen MR) is 61.0 cm³/mol. The van der Waals surface area contributed by atoms with Crippen molar-refractivity contribution in [3.63, 3.8) is 0 Å². The number of alkyl halides is 3. The molecule has 0 saturated carbocycles. The highest BCUT2D eigenvalue weighted by atomic mass is 35.5. The third-order valence-electron chi connectivity index (χ3n) is 2.14. The van der Waals surface area contributed by atoms with Crippen LogP contribution in [0, 0.1) is 0 Å². The number of thiophene rings is 1. The standard InChI is InChI=1S/C10H5ClF3NO2S/c1-17-9(16)5-2-4-3-6(10(12,13)14)15-8(11)7(4)18-5/h2-3H,1H3. The van der Waals surface area contributed by atoms with Gasteiger partial charge in [-0.1, -0.05) is 11.6 Å². The maximum absolute atomic E-state index is 12.5. The van der Waals surface area contributed by atoms with E-state index < -0.39 is 17.8 Å². The molecule has 18 heavy (non-hydrogen) atoms. The van der Waals surface area contributed by atoms with Crippen molar-refractivity contribution < 1.29 is 22.7 Å². The third kappa shape index (κ3) is 2.28. The van der Waals surface area contributed by atoms with Gasteiger partial charge in [0.2, 0.25) is 0 Å². The minimum absolute atomic E-state index is 0.176. The molecule has 2 aromatic rings. The molecule has 96 valence electrons. The van der Waals surface area contributed by atoms with Gasteiger partial charge in [-0.25, -0.2) is 9.78 Å². The molecule has 0 saturated heterocycles. The number of pyridine rings is 1. The molecule has 0 radical (unpaired) electrons. The van der Waals surface area contributed by atoms with Gasteiger partial charge in [-0.3, -0.25) is 0 Å². The van der Waals surface area contributed by atoms with E-state index in [4.69, 9.17) is 11.6 Å². The van der Waals surface area contributed by atoms with Crippen molar-refractivity contribution in [2.45, 2.75) is 6.18 Å². The van der Waals surface area contributed by atoms with Gasteiger partial charge in [0.15, 0.2) is 0 Å². The molecule has 0 N–H and O–H groups in total. The minimum atomic E-state index is -4.58. The Morgan fingerprint density at radius 2 is 2.11 bits per heavy atom. The number of carbonyl (C=O) groups is 1. The summed E-state index contributed by atoms with van der Waals surface area (Å²) >= 11 is 6.62. The lowest BCUT2D eigenvalue weighted by atomic mass is 10.2. The van der Waals surface area contributed by atoms with Crippen LogP contribution in [0.3, 0.4) is 0 Å². The average molecular weight is 296 g/mol. The Morgan fingerprint density at radius 3 is 2.67 bits per heavy atom. The first-order valence-electron chi connectivity index (χ1n) is 4.58. The predicted octanol–water partition coefficient (Wildman–Crippen LogP) is 3.76. The van der Waals surface area contributed by atoms with E-state index in [-0.39, 0.29) is 15.4 Å². The smallest absolute Gasteiger partial charge is 0.433 e. The normalized spacial score (nSPS) is 11.8. The van der Waals surface area contributed by atoms with E-state index in [2.05, 4.69) is 9.72 Å². The van der Waals surface area contributed by atoms with Gasteiger partial charge >= 0.3 is 12.1 Å². The summed E-state index contributed by atoms with van der Waals surface area (Å²) in [5.74, 6) is -0.624. The number of esters is 1. The lowest BCUT2D eigenvalue weighted by Crippen LogP contribution is -2.07. The number of ether oxygens (including phenoxy) is 1. The van der Waals surface area contributed by atoms with E-state index in [0.29, 0.717) is 4.70 Å². The van der Waals surface area contributed by atoms with Crippen LogP contribution in [0.25, 0.3) is 10.1 Å². The Morgan fingerprint density at radius 1 is 1.44 bits per heavy atom. The Kier molecular flexibility index (Phi) is 3.20. The topological polar surface area (TPSA) is 39.2 Å². The molecule has 0 fully saturated rings. The van der Waals surface area contributed by atoms with Crippen LogP contribution in [-0.4, -0.2) is 18.1 Å². The average Bonchev–Trinajstić information content (AvgIpc) is 2.71. The first-order valence-corrected chi connectivity index (χ1v) is 5.78. The molecule has 0 unspecified atom stereocenters. The number of nitrogens with zero attached hydrogens (tertiary/aromatic N) is 1. The Balaban J connectivity index is 2.63. The van der Waals surface area contributed by atoms with E-state index in [0.717, 1.165) is 17.4 Å². The van der Waals surface area contributed by atoms with Gasteiger partial charge < -0.3 is 4.74 Å². The number of hydrogen-bond donors (Lipinski definition) is 0. The molecule has 0 aromatic carbocycles. The molecule has 0 amide bonds. The highest BCUT2D eigenvalue weighted by Crippen LogP contribution is 2.36. The summed E-state index contributed by atoms with van der Waals surface area (Å²) in [7, 11) is 1.19. The molecule has 0 aliphatic heterocycles. The van der Waals surface area contributed by atoms with Crippen molar-refractivity contribution in [1.29, 1.82) is 0 Å². The maximum atomic E-state index is 12.5. The number of hydrogen-bond acceptors (Lipinski definition) is 4. The van der Waals surface area contributed by atoms with E-state index in [1.54, 1.807) is 0 Å². The SMILES string of the molecule is COC(=O)c1cc2cc(C(F)(F)F)nc(Cl)c2s1. The lowest BCUT2D eigenvalue weighted by Gasteiger charge is -2.05. The quantitative estimate of drug-likeness (QED) is 0.594. The van der Waals surface area contributed by atoms with Gasteiger partial charge in [-0.15, -0.1) is 11.3 Å². The van der Waals surface area contributed by atoms with Crippen LogP contribution in [0.15, 0.2) is 12.1 Å². The van der Waals surface area contributed by atoms with Crippen LogP contribution in [0.2, 0.25) is 5.15 Å². The van der Waals surface area contributed by atoms with Gasteiger partial charge in [0.25, 0.3) is 0 Å². The van der Waals surface area contributed by atoms with Gasteiger partial charge in [-0.05, 0) is 17.5 Å². The van der Waals surface area contributed by atoms with E-state index in [1.807, 2.05) is 0 Å². The number of halogens is 4. The molecule has 0 bridgehead atoms. The zero-order valence-electron chi connectivity index (χ0n) is 8.84. The van der Waals surface area contributed by atoms with E-state index in [9.17, 15) is 18.0 Å². The molecule has 3 nitrogen and oxygen atoms in total. The monoisotopic (exact) mass is 295 g/mol. The largest absolute Gasteiger partial charge is 0.465 e. The summed E-state index contributed by atoms with van der Waals surface area (Å²) in [4.78, 5) is 14.7. The molecular weight excluding hydrogens is 291 g/mol. The second-order valence-electron chi connectivity index (χ2n) is 3.32. The summed E-state index contributed by atoms with van der Waals surface area (Å²) in [6.07, 6.45) is -4.58. The molecule has 0 spiro atoms. The number of rotatable bonds is 1. The zero-order chi connectivity index (χ0) is 13.5. The first-order chi connectivity index (χ1) is 8.32. The number of carbonyl (C=O) groups excluding carboxylic acids is 1. The molecular formula is C10H5ClF3NO2S. The van der Waals surface area contributed by atoms with Crippen LogP contribution in [-0.2, 0) is 10.9 Å². The van der Waals surface area contributed by atoms with Crippen LogP contribution >= 0.6 is 22.9 Å². The van der Waals surface area contributed by atoms with Gasteiger partial charge in [0, 0.05) is 0 Å². The summed E-state index contributed by atoms with van der Waals surface area (Å²) < 4.78 is 42.4. The highest BCUT2D eigenvalue weighted by molar-refractivity contribution is 7.21. The maximum Gasteiger partial charge on any atom is 0.433 e. The van der Waals surface area contributed by atoms with Crippen molar-refractivity contribution >= 4 is 39.0 Å². The van der Waals surface area contributed by atoms with Gasteiger partial charge in [0.1, 0.15) is 15.7 Å². The van der Waals surface area contributed by atoms with Crippen molar-refractivity contribution in [3.8, 4) is 0 Å². The van der Waals surface area contributed by atoms with Crippen molar-refractivity contribution in [1.82, 2.24) is 4.98 Å². The number of fused-ring (bicyclic) bond motifs is 1. The second kappa shape index (κ2) is 4.40. The van der Waals surface area contributed by atoms with Crippen LogP contribution in [0.4, 0.5) is 13.2 Å². The lowest BCUT2D eigenvalue weighted by molar-refractivity contribution is -0.141. The molecule has 0 aliphatic carbocycles. The van der Waals surface area contributed by atoms with Crippen LogP contribution in [0.1, 0.15) is 15.4 Å². The summed E-state index contributed by atoms with van der Waals surface area (Å²) in [6, 6.07) is 2.15. The molecule has 2 aromatic heterocycles. The second-order valence-corrected chi connectivity index (χ2v) is 4.73. The van der Waals surface area contributed by atoms with Crippen LogP contribution in [0.5, 0.6) is 0 Å². The fraction of sp³-hybridized carbons (Fsp3) is 0.200. The van der Waals surface area contributed by atoms with Crippen molar-refractivity contribution in [3.05, 3.63) is 27.9 Å². The first kappa shape index (κ1) is 13.1. The molecule has 8 heteroatoms. The molecule has 2 rings (SSSR count). The molecule has 2 heterocycles. The molecule has 0 atom stereocenters. The fourth-order valence-electron chi connectivity index (χ4n) is 1.36. The fourth-order valence-corrected chi connectivity index (χ4v) is 2.61. The number of aromatic nitrogens is 1. The zero-order valence-corrected chi connectivity index (χ0v) is 10.4. The van der Waals surface area contributed by atoms with E-state index >= 15 is 0 Å². The van der Waals surface area contributed by atoms with E-state index in [1.165, 1.54) is 13.2 Å². The summed E-state index contributed by atoms with van der Waals surface area (Å²) in [5, 5.41) is -0.0623. The van der Waals surface area contributed by atoms with Crippen molar-refractivity contribution in [2.24, 2.45) is 0 Å². The highest BCUT2D eigenvalue weighted by Gasteiger charge is 2.33. The Bertz CT molecular complexity index is 623.